The zero-order chi connectivity index (χ0) is 19.3. The summed E-state index contributed by atoms with van der Waals surface area (Å²) in [5.74, 6) is 0.552. The summed E-state index contributed by atoms with van der Waals surface area (Å²) in [6.45, 7) is 4.49. The second-order valence-corrected chi connectivity index (χ2v) is 7.27. The van der Waals surface area contributed by atoms with Gasteiger partial charge in [0.1, 0.15) is 0 Å². The minimum absolute atomic E-state index is 0.551. The molecule has 1 aromatic heterocycles. The molecule has 1 saturated heterocycles. The van der Waals surface area contributed by atoms with Crippen LogP contribution in [0.1, 0.15) is 17.5 Å². The van der Waals surface area contributed by atoms with E-state index in [1.165, 1.54) is 5.56 Å². The van der Waals surface area contributed by atoms with Crippen molar-refractivity contribution in [2.75, 3.05) is 31.1 Å². The van der Waals surface area contributed by atoms with E-state index in [0.29, 0.717) is 22.4 Å². The number of nitrogens with zero attached hydrogens (tertiary/aromatic N) is 5. The molecule has 2 heterocycles. The molecular formula is C21H20ClN5O. The van der Waals surface area contributed by atoms with Crippen LogP contribution >= 0.6 is 11.6 Å². The van der Waals surface area contributed by atoms with Gasteiger partial charge < -0.3 is 9.42 Å². The Morgan fingerprint density at radius 1 is 1.07 bits per heavy atom. The number of hydrogen-bond donors (Lipinski definition) is 0. The minimum atomic E-state index is 0.551. The molecular weight excluding hydrogens is 374 g/mol. The van der Waals surface area contributed by atoms with E-state index in [1.807, 2.05) is 48.5 Å². The molecule has 2 aromatic carbocycles. The fraction of sp³-hybridized carbons (Fsp3) is 0.286. The number of hydrogen-bond acceptors (Lipinski definition) is 6. The van der Waals surface area contributed by atoms with Crippen LogP contribution in [0.5, 0.6) is 0 Å². The van der Waals surface area contributed by atoms with Crippen molar-refractivity contribution < 1.29 is 4.52 Å². The van der Waals surface area contributed by atoms with Crippen molar-refractivity contribution in [2.24, 2.45) is 0 Å². The van der Waals surface area contributed by atoms with Gasteiger partial charge in [-0.15, -0.1) is 0 Å². The monoisotopic (exact) mass is 393 g/mol. The van der Waals surface area contributed by atoms with Crippen LogP contribution in [-0.2, 0) is 6.54 Å². The average Bonchev–Trinajstić information content (AvgIpc) is 3.10. The first-order chi connectivity index (χ1) is 13.7. The van der Waals surface area contributed by atoms with Gasteiger partial charge in [0.25, 0.3) is 0 Å². The fourth-order valence-corrected chi connectivity index (χ4v) is 3.54. The van der Waals surface area contributed by atoms with Gasteiger partial charge in [0.15, 0.2) is 0 Å². The van der Waals surface area contributed by atoms with Crippen molar-refractivity contribution in [1.29, 1.82) is 5.26 Å². The fourth-order valence-electron chi connectivity index (χ4n) is 3.35. The SMILES string of the molecule is N#Cc1ccc(CN2CCCN(c3nc(-c4cccc(Cl)c4)no3)CC2)cc1. The van der Waals surface area contributed by atoms with Crippen molar-refractivity contribution in [2.45, 2.75) is 13.0 Å². The highest BCUT2D eigenvalue weighted by atomic mass is 35.5. The molecule has 1 aliphatic rings. The van der Waals surface area contributed by atoms with E-state index in [9.17, 15) is 0 Å². The lowest BCUT2D eigenvalue weighted by molar-refractivity contribution is 0.285. The molecule has 6 nitrogen and oxygen atoms in total. The third-order valence-corrected chi connectivity index (χ3v) is 5.08. The third kappa shape index (κ3) is 4.33. The lowest BCUT2D eigenvalue weighted by atomic mass is 10.1. The van der Waals surface area contributed by atoms with E-state index in [0.717, 1.165) is 44.7 Å². The zero-order valence-electron chi connectivity index (χ0n) is 15.4. The van der Waals surface area contributed by atoms with Gasteiger partial charge in [-0.05, 0) is 36.2 Å². The lowest BCUT2D eigenvalue weighted by Gasteiger charge is -2.20. The van der Waals surface area contributed by atoms with E-state index < -0.39 is 0 Å². The summed E-state index contributed by atoms with van der Waals surface area (Å²) in [7, 11) is 0. The highest BCUT2D eigenvalue weighted by molar-refractivity contribution is 6.30. The molecule has 28 heavy (non-hydrogen) atoms. The molecule has 0 unspecified atom stereocenters. The van der Waals surface area contributed by atoms with Crippen LogP contribution in [0.4, 0.5) is 6.01 Å². The summed E-state index contributed by atoms with van der Waals surface area (Å²) in [6, 6.07) is 17.9. The highest BCUT2D eigenvalue weighted by Crippen LogP contribution is 2.23. The Morgan fingerprint density at radius 3 is 2.71 bits per heavy atom. The summed E-state index contributed by atoms with van der Waals surface area (Å²) in [5.41, 5.74) is 2.76. The molecule has 0 amide bonds. The van der Waals surface area contributed by atoms with Crippen molar-refractivity contribution in [3.63, 3.8) is 0 Å². The van der Waals surface area contributed by atoms with Gasteiger partial charge in [-0.2, -0.15) is 10.2 Å². The Kier molecular flexibility index (Phi) is 5.56. The Morgan fingerprint density at radius 2 is 1.93 bits per heavy atom. The summed E-state index contributed by atoms with van der Waals surface area (Å²) < 4.78 is 5.51. The molecule has 0 saturated carbocycles. The normalized spacial score (nSPS) is 15.2. The van der Waals surface area contributed by atoms with Gasteiger partial charge in [0.05, 0.1) is 11.6 Å². The number of nitriles is 1. The number of rotatable bonds is 4. The Labute approximate surface area is 168 Å². The minimum Gasteiger partial charge on any atom is -0.323 e. The molecule has 0 bridgehead atoms. The van der Waals surface area contributed by atoms with E-state index in [4.69, 9.17) is 21.4 Å². The molecule has 4 rings (SSSR count). The van der Waals surface area contributed by atoms with E-state index in [-0.39, 0.29) is 0 Å². The number of aromatic nitrogens is 2. The summed E-state index contributed by atoms with van der Waals surface area (Å²) in [6.07, 6.45) is 1.02. The molecule has 3 aromatic rings. The van der Waals surface area contributed by atoms with Gasteiger partial charge in [-0.25, -0.2) is 0 Å². The van der Waals surface area contributed by atoms with Gasteiger partial charge in [-0.1, -0.05) is 41.0 Å². The first-order valence-corrected chi connectivity index (χ1v) is 9.65. The van der Waals surface area contributed by atoms with Crippen molar-refractivity contribution in [1.82, 2.24) is 15.0 Å². The standard InChI is InChI=1S/C21H20ClN5O/c22-19-4-1-3-18(13-19)20-24-21(28-25-20)27-10-2-9-26(11-12-27)15-17-7-5-16(14-23)6-8-17/h1,3-8,13H,2,9-12,15H2. The molecule has 1 fully saturated rings. The van der Waals surface area contributed by atoms with Crippen LogP contribution in [0.15, 0.2) is 53.1 Å². The van der Waals surface area contributed by atoms with Gasteiger partial charge >= 0.3 is 6.01 Å². The maximum absolute atomic E-state index is 8.92. The Balaban J connectivity index is 1.39. The van der Waals surface area contributed by atoms with Gasteiger partial charge in [-0.3, -0.25) is 4.90 Å². The Bertz CT molecular complexity index is 979. The molecule has 7 heteroatoms. The van der Waals surface area contributed by atoms with E-state index in [2.05, 4.69) is 26.0 Å². The smallest absolute Gasteiger partial charge is 0.323 e. The van der Waals surface area contributed by atoms with Crippen molar-refractivity contribution >= 4 is 17.6 Å². The maximum Gasteiger partial charge on any atom is 0.324 e. The summed E-state index contributed by atoms with van der Waals surface area (Å²) in [5, 5.41) is 13.7. The predicted octanol–water partition coefficient (Wildman–Crippen LogP) is 3.97. The number of benzene rings is 2. The zero-order valence-corrected chi connectivity index (χ0v) is 16.1. The van der Waals surface area contributed by atoms with Crippen LogP contribution in [0, 0.1) is 11.3 Å². The maximum atomic E-state index is 8.92. The van der Waals surface area contributed by atoms with E-state index in [1.54, 1.807) is 0 Å². The first-order valence-electron chi connectivity index (χ1n) is 9.27. The Hall–Kier alpha value is -2.88. The second-order valence-electron chi connectivity index (χ2n) is 6.84. The van der Waals surface area contributed by atoms with Crippen molar-refractivity contribution in [3.8, 4) is 17.5 Å². The van der Waals surface area contributed by atoms with Crippen LogP contribution < -0.4 is 4.90 Å². The molecule has 0 spiro atoms. The molecule has 1 aliphatic heterocycles. The van der Waals surface area contributed by atoms with Crippen molar-refractivity contribution in [3.05, 3.63) is 64.7 Å². The van der Waals surface area contributed by atoms with E-state index >= 15 is 0 Å². The molecule has 0 aliphatic carbocycles. The second kappa shape index (κ2) is 8.42. The highest BCUT2D eigenvalue weighted by Gasteiger charge is 2.20. The van der Waals surface area contributed by atoms with Crippen LogP contribution in [-0.4, -0.2) is 41.2 Å². The topological polar surface area (TPSA) is 69.2 Å². The summed E-state index contributed by atoms with van der Waals surface area (Å²) >= 11 is 6.05. The number of anilines is 1. The predicted molar refractivity (Wildman–Crippen MR) is 108 cm³/mol. The largest absolute Gasteiger partial charge is 0.324 e. The number of halogens is 1. The lowest BCUT2D eigenvalue weighted by Crippen LogP contribution is -2.30. The van der Waals surface area contributed by atoms with Gasteiger partial charge in [0.2, 0.25) is 5.82 Å². The van der Waals surface area contributed by atoms with Crippen LogP contribution in [0.25, 0.3) is 11.4 Å². The van der Waals surface area contributed by atoms with Crippen LogP contribution in [0.3, 0.4) is 0 Å². The summed E-state index contributed by atoms with van der Waals surface area (Å²) in [4.78, 5) is 9.11. The average molecular weight is 394 g/mol. The molecule has 142 valence electrons. The molecule has 0 atom stereocenters. The van der Waals surface area contributed by atoms with Crippen LogP contribution in [0.2, 0.25) is 5.02 Å². The first kappa shape index (κ1) is 18.5. The molecule has 0 radical (unpaired) electrons. The quantitative estimate of drug-likeness (QED) is 0.667. The third-order valence-electron chi connectivity index (χ3n) is 4.85. The van der Waals surface area contributed by atoms with Gasteiger partial charge in [0, 0.05) is 43.3 Å². The molecule has 0 N–H and O–H groups in total.